The predicted molar refractivity (Wildman–Crippen MR) is 64.5 cm³/mol. The maximum Gasteiger partial charge on any atom is 0.0942 e. The van der Waals surface area contributed by atoms with Crippen LogP contribution < -0.4 is 0 Å². The molecule has 0 aromatic rings. The molecule has 0 spiro atoms. The van der Waals surface area contributed by atoms with Crippen molar-refractivity contribution in [3.05, 3.63) is 0 Å². The highest BCUT2D eigenvalue weighted by Gasteiger charge is 2.43. The second-order valence-corrected chi connectivity index (χ2v) is 4.91. The molecule has 0 bridgehead atoms. The Bertz CT molecular complexity index is 188. The fourth-order valence-corrected chi connectivity index (χ4v) is 2.77. The van der Waals surface area contributed by atoms with Gasteiger partial charge in [0.1, 0.15) is 0 Å². The quantitative estimate of drug-likeness (QED) is 0.729. The molecule has 0 saturated heterocycles. The number of aliphatic hydroxyl groups excluding tert-OH is 1. The molecule has 2 unspecified atom stereocenters. The van der Waals surface area contributed by atoms with Gasteiger partial charge in [-0.2, -0.15) is 0 Å². The molecular weight excluding hydrogens is 204 g/mol. The lowest BCUT2D eigenvalue weighted by Gasteiger charge is -2.37. The Morgan fingerprint density at radius 1 is 1.31 bits per heavy atom. The number of hydrogen-bond acceptors (Lipinski definition) is 3. The second-order valence-electron chi connectivity index (χ2n) is 4.91. The maximum absolute atomic E-state index is 10.4. The van der Waals surface area contributed by atoms with Gasteiger partial charge < -0.3 is 14.6 Å². The fourth-order valence-electron chi connectivity index (χ4n) is 2.77. The molecule has 2 atom stereocenters. The van der Waals surface area contributed by atoms with Crippen LogP contribution >= 0.6 is 0 Å². The van der Waals surface area contributed by atoms with E-state index in [1.807, 2.05) is 6.92 Å². The highest BCUT2D eigenvalue weighted by atomic mass is 16.5. The number of methoxy groups -OCH3 is 1. The minimum atomic E-state index is -0.356. The zero-order valence-corrected chi connectivity index (χ0v) is 10.9. The van der Waals surface area contributed by atoms with Crippen LogP contribution in [0.2, 0.25) is 0 Å². The Morgan fingerprint density at radius 3 is 2.44 bits per heavy atom. The Labute approximate surface area is 99.1 Å². The van der Waals surface area contributed by atoms with Crippen molar-refractivity contribution in [3.63, 3.8) is 0 Å². The van der Waals surface area contributed by atoms with Gasteiger partial charge >= 0.3 is 0 Å². The van der Waals surface area contributed by atoms with Crippen molar-refractivity contribution < 1.29 is 14.6 Å². The average molecular weight is 230 g/mol. The molecular formula is C13H26O3. The molecule has 1 aliphatic rings. The van der Waals surface area contributed by atoms with E-state index in [0.29, 0.717) is 13.2 Å². The van der Waals surface area contributed by atoms with Crippen molar-refractivity contribution in [1.82, 2.24) is 0 Å². The molecule has 1 fully saturated rings. The molecule has 16 heavy (non-hydrogen) atoms. The van der Waals surface area contributed by atoms with Gasteiger partial charge in [-0.1, -0.05) is 19.8 Å². The molecule has 0 amide bonds. The first-order chi connectivity index (χ1) is 7.66. The third-order valence-electron chi connectivity index (χ3n) is 3.74. The van der Waals surface area contributed by atoms with E-state index < -0.39 is 0 Å². The largest absolute Gasteiger partial charge is 0.390 e. The van der Waals surface area contributed by atoms with Gasteiger partial charge in [-0.05, 0) is 32.1 Å². The lowest BCUT2D eigenvalue weighted by Crippen LogP contribution is -2.46. The molecule has 3 nitrogen and oxygen atoms in total. The molecule has 1 saturated carbocycles. The smallest absolute Gasteiger partial charge is 0.0942 e. The summed E-state index contributed by atoms with van der Waals surface area (Å²) in [7, 11) is 1.70. The van der Waals surface area contributed by atoms with Crippen LogP contribution in [0.15, 0.2) is 0 Å². The minimum Gasteiger partial charge on any atom is -0.390 e. The number of hydrogen-bond donors (Lipinski definition) is 1. The van der Waals surface area contributed by atoms with Gasteiger partial charge in [0.05, 0.1) is 11.7 Å². The SMILES string of the molecule is CCOC1(C(O)C(C)CCOC)CCCC1. The summed E-state index contributed by atoms with van der Waals surface area (Å²) in [6, 6.07) is 0. The summed E-state index contributed by atoms with van der Waals surface area (Å²) in [5.41, 5.74) is -0.276. The van der Waals surface area contributed by atoms with E-state index in [9.17, 15) is 5.11 Å². The van der Waals surface area contributed by atoms with E-state index in [2.05, 4.69) is 6.92 Å². The highest BCUT2D eigenvalue weighted by molar-refractivity contribution is 4.95. The summed E-state index contributed by atoms with van der Waals surface area (Å²) in [4.78, 5) is 0. The van der Waals surface area contributed by atoms with Gasteiger partial charge in [-0.3, -0.25) is 0 Å². The molecule has 96 valence electrons. The van der Waals surface area contributed by atoms with Crippen molar-refractivity contribution in [2.75, 3.05) is 20.3 Å². The standard InChI is InChI=1S/C13H26O3/c1-4-16-13(8-5-6-9-13)12(14)11(2)7-10-15-3/h11-12,14H,4-10H2,1-3H3. The average Bonchev–Trinajstić information content (AvgIpc) is 2.75. The van der Waals surface area contributed by atoms with Crippen LogP contribution in [0.4, 0.5) is 0 Å². The zero-order chi connectivity index (χ0) is 12.0. The molecule has 0 radical (unpaired) electrons. The molecule has 1 N–H and O–H groups in total. The van der Waals surface area contributed by atoms with Gasteiger partial charge in [-0.25, -0.2) is 0 Å². The number of ether oxygens (including phenoxy) is 2. The van der Waals surface area contributed by atoms with E-state index in [-0.39, 0.29) is 17.6 Å². The van der Waals surface area contributed by atoms with E-state index in [4.69, 9.17) is 9.47 Å². The first kappa shape index (κ1) is 13.9. The maximum atomic E-state index is 10.4. The van der Waals surface area contributed by atoms with E-state index in [0.717, 1.165) is 19.3 Å². The van der Waals surface area contributed by atoms with Crippen LogP contribution in [0.25, 0.3) is 0 Å². The van der Waals surface area contributed by atoms with Gasteiger partial charge in [0, 0.05) is 20.3 Å². The predicted octanol–water partition coefficient (Wildman–Crippen LogP) is 2.37. The van der Waals surface area contributed by atoms with E-state index >= 15 is 0 Å². The van der Waals surface area contributed by atoms with Crippen molar-refractivity contribution in [2.45, 2.75) is 57.7 Å². The number of rotatable bonds is 7. The lowest BCUT2D eigenvalue weighted by atomic mass is 9.84. The van der Waals surface area contributed by atoms with Crippen molar-refractivity contribution in [3.8, 4) is 0 Å². The summed E-state index contributed by atoms with van der Waals surface area (Å²) in [5.74, 6) is 0.240. The summed E-state index contributed by atoms with van der Waals surface area (Å²) in [6.07, 6.45) is 4.89. The molecule has 0 aliphatic heterocycles. The monoisotopic (exact) mass is 230 g/mol. The van der Waals surface area contributed by atoms with Gasteiger partial charge in [0.2, 0.25) is 0 Å². The fraction of sp³-hybridized carbons (Fsp3) is 1.00. The molecule has 3 heteroatoms. The van der Waals surface area contributed by atoms with Crippen LogP contribution in [0.1, 0.15) is 46.0 Å². The summed E-state index contributed by atoms with van der Waals surface area (Å²) >= 11 is 0. The van der Waals surface area contributed by atoms with E-state index in [1.165, 1.54) is 12.8 Å². The minimum absolute atomic E-state index is 0.240. The van der Waals surface area contributed by atoms with Gasteiger partial charge in [-0.15, -0.1) is 0 Å². The Hall–Kier alpha value is -0.120. The lowest BCUT2D eigenvalue weighted by molar-refractivity contribution is -0.135. The molecule has 1 rings (SSSR count). The summed E-state index contributed by atoms with van der Waals surface area (Å²) in [6.45, 7) is 5.49. The van der Waals surface area contributed by atoms with Crippen molar-refractivity contribution >= 4 is 0 Å². The molecule has 1 aliphatic carbocycles. The Kier molecular flexibility index (Phi) is 5.73. The van der Waals surface area contributed by atoms with Crippen LogP contribution in [0, 0.1) is 5.92 Å². The van der Waals surface area contributed by atoms with Crippen LogP contribution in [0.3, 0.4) is 0 Å². The Morgan fingerprint density at radius 2 is 1.94 bits per heavy atom. The molecule has 0 aromatic heterocycles. The van der Waals surface area contributed by atoms with Crippen molar-refractivity contribution in [2.24, 2.45) is 5.92 Å². The topological polar surface area (TPSA) is 38.7 Å². The summed E-state index contributed by atoms with van der Waals surface area (Å²) in [5, 5.41) is 10.4. The summed E-state index contributed by atoms with van der Waals surface area (Å²) < 4.78 is 10.9. The van der Waals surface area contributed by atoms with Crippen LogP contribution in [-0.2, 0) is 9.47 Å². The first-order valence-electron chi connectivity index (χ1n) is 6.47. The highest BCUT2D eigenvalue weighted by Crippen LogP contribution is 2.39. The Balaban J connectivity index is 2.56. The normalized spacial score (nSPS) is 23.2. The van der Waals surface area contributed by atoms with Crippen LogP contribution in [-0.4, -0.2) is 37.1 Å². The van der Waals surface area contributed by atoms with Crippen LogP contribution in [0.5, 0.6) is 0 Å². The number of aliphatic hydroxyl groups is 1. The molecule has 0 heterocycles. The van der Waals surface area contributed by atoms with Crippen molar-refractivity contribution in [1.29, 1.82) is 0 Å². The van der Waals surface area contributed by atoms with E-state index in [1.54, 1.807) is 7.11 Å². The molecule has 0 aromatic carbocycles. The zero-order valence-electron chi connectivity index (χ0n) is 10.9. The van der Waals surface area contributed by atoms with Gasteiger partial charge in [0.15, 0.2) is 0 Å². The second kappa shape index (κ2) is 6.58. The van der Waals surface area contributed by atoms with Gasteiger partial charge in [0.25, 0.3) is 0 Å². The third kappa shape index (κ3) is 3.19. The first-order valence-corrected chi connectivity index (χ1v) is 6.47. The third-order valence-corrected chi connectivity index (χ3v) is 3.74.